The van der Waals surface area contributed by atoms with Gasteiger partial charge in [0.2, 0.25) is 0 Å². The molecule has 0 N–H and O–H groups in total. The number of piperazine rings is 3. The number of hydrogen-bond donors (Lipinski definition) is 0. The Morgan fingerprint density at radius 2 is 1.83 bits per heavy atom. The Kier molecular flexibility index (Phi) is 4.54. The summed E-state index contributed by atoms with van der Waals surface area (Å²) in [5.41, 5.74) is 1.46. The van der Waals surface area contributed by atoms with Gasteiger partial charge >= 0.3 is 0 Å². The highest BCUT2D eigenvalue weighted by Gasteiger charge is 2.43. The van der Waals surface area contributed by atoms with Crippen molar-refractivity contribution in [2.75, 3.05) is 38.7 Å². The second kappa shape index (κ2) is 5.79. The first-order valence-electron chi connectivity index (χ1n) is 6.50. The van der Waals surface area contributed by atoms with Crippen LogP contribution in [0.15, 0.2) is 30.3 Å². The highest BCUT2D eigenvalue weighted by atomic mass is 35.5. The first-order valence-corrected chi connectivity index (χ1v) is 7.04. The highest BCUT2D eigenvalue weighted by Crippen LogP contribution is 2.26. The molecule has 4 rings (SSSR count). The molecule has 0 aliphatic carbocycles. The molecule has 18 heavy (non-hydrogen) atoms. The van der Waals surface area contributed by atoms with Crippen molar-refractivity contribution >= 4 is 11.6 Å². The summed E-state index contributed by atoms with van der Waals surface area (Å²) in [5, 5.41) is 0. The van der Waals surface area contributed by atoms with Gasteiger partial charge in [-0.3, -0.25) is 4.90 Å². The summed E-state index contributed by atoms with van der Waals surface area (Å²) < 4.78 is 1.13. The van der Waals surface area contributed by atoms with Gasteiger partial charge in [-0.1, -0.05) is 41.9 Å². The molecule has 3 fully saturated rings. The van der Waals surface area contributed by atoms with Gasteiger partial charge in [-0.2, -0.15) is 0 Å². The fraction of sp³-hybridized carbons (Fsp3) is 0.571. The zero-order valence-electron chi connectivity index (χ0n) is 10.6. The van der Waals surface area contributed by atoms with Crippen LogP contribution in [0.4, 0.5) is 0 Å². The van der Waals surface area contributed by atoms with Crippen molar-refractivity contribution in [2.45, 2.75) is 12.5 Å². The van der Waals surface area contributed by atoms with Crippen LogP contribution in [-0.4, -0.2) is 54.2 Å². The van der Waals surface area contributed by atoms with E-state index in [2.05, 4.69) is 35.2 Å². The average Bonchev–Trinajstić information content (AvgIpc) is 2.41. The lowest BCUT2D eigenvalue weighted by atomic mass is 9.98. The third kappa shape index (κ3) is 2.67. The maximum absolute atomic E-state index is 6.18. The standard InChI is InChI=1S/C14H20ClN2.ClH/c15-12-17-8-6-16(7-9-17)14(11-17)10-13-4-2-1-3-5-13;/h1-5,14H,6-12H2;1H/q+1;/p-1/t14-;/m0./s1. The van der Waals surface area contributed by atoms with Crippen molar-refractivity contribution in [3.05, 3.63) is 35.9 Å². The van der Waals surface area contributed by atoms with E-state index in [1.165, 1.54) is 44.7 Å². The molecule has 100 valence electrons. The van der Waals surface area contributed by atoms with E-state index < -0.39 is 0 Å². The van der Waals surface area contributed by atoms with E-state index in [1.807, 2.05) is 0 Å². The Bertz CT molecular complexity index is 375. The quantitative estimate of drug-likeness (QED) is 0.389. The van der Waals surface area contributed by atoms with Gasteiger partial charge in [0, 0.05) is 13.1 Å². The minimum Gasteiger partial charge on any atom is -1.00 e. The van der Waals surface area contributed by atoms with E-state index in [9.17, 15) is 0 Å². The topological polar surface area (TPSA) is 3.24 Å². The van der Waals surface area contributed by atoms with Crippen LogP contribution in [0.25, 0.3) is 0 Å². The van der Waals surface area contributed by atoms with Crippen LogP contribution in [0, 0.1) is 0 Å². The van der Waals surface area contributed by atoms with Crippen molar-refractivity contribution in [3.8, 4) is 0 Å². The number of nitrogens with zero attached hydrogens (tertiary/aromatic N) is 2. The molecule has 0 spiro atoms. The summed E-state index contributed by atoms with van der Waals surface area (Å²) in [5.74, 6) is 0. The van der Waals surface area contributed by atoms with E-state index in [0.717, 1.165) is 10.5 Å². The molecule has 3 heterocycles. The van der Waals surface area contributed by atoms with E-state index in [0.29, 0.717) is 6.04 Å². The predicted molar refractivity (Wildman–Crippen MR) is 71.1 cm³/mol. The fourth-order valence-electron chi connectivity index (χ4n) is 3.26. The van der Waals surface area contributed by atoms with Crippen LogP contribution in [0.1, 0.15) is 5.56 Å². The molecular weight excluding hydrogens is 267 g/mol. The molecular formula is C14H20Cl2N2. The molecule has 1 atom stereocenters. The van der Waals surface area contributed by atoms with Crippen molar-refractivity contribution in [2.24, 2.45) is 0 Å². The maximum Gasteiger partial charge on any atom is 0.155 e. The van der Waals surface area contributed by atoms with Crippen LogP contribution in [-0.2, 0) is 6.42 Å². The van der Waals surface area contributed by atoms with Gasteiger partial charge in [-0.05, 0) is 12.0 Å². The molecule has 0 unspecified atom stereocenters. The number of fused-ring (bicyclic) bond motifs is 3. The van der Waals surface area contributed by atoms with Crippen LogP contribution >= 0.6 is 11.6 Å². The summed E-state index contributed by atoms with van der Waals surface area (Å²) in [6.45, 7) is 6.18. The van der Waals surface area contributed by atoms with Gasteiger partial charge in [0.25, 0.3) is 0 Å². The minimum atomic E-state index is 0. The normalized spacial score (nSPS) is 34.1. The Hall–Kier alpha value is -0.280. The molecule has 1 aromatic carbocycles. The molecule has 3 aliphatic rings. The number of alkyl halides is 1. The summed E-state index contributed by atoms with van der Waals surface area (Å²) in [4.78, 5) is 2.65. The molecule has 0 saturated carbocycles. The lowest BCUT2D eigenvalue weighted by molar-refractivity contribution is -0.934. The van der Waals surface area contributed by atoms with Crippen molar-refractivity contribution < 1.29 is 16.9 Å². The van der Waals surface area contributed by atoms with Crippen molar-refractivity contribution in [3.63, 3.8) is 0 Å². The fourth-order valence-corrected chi connectivity index (χ4v) is 3.60. The van der Waals surface area contributed by atoms with Crippen LogP contribution in [0.2, 0.25) is 0 Å². The van der Waals surface area contributed by atoms with E-state index in [4.69, 9.17) is 11.6 Å². The second-order valence-corrected chi connectivity index (χ2v) is 5.71. The average molecular weight is 287 g/mol. The lowest BCUT2D eigenvalue weighted by Crippen LogP contribution is -3.00. The second-order valence-electron chi connectivity index (χ2n) is 5.47. The molecule has 3 saturated heterocycles. The highest BCUT2D eigenvalue weighted by molar-refractivity contribution is 6.17. The summed E-state index contributed by atoms with van der Waals surface area (Å²) in [7, 11) is 0. The van der Waals surface area contributed by atoms with Gasteiger partial charge in [-0.25, -0.2) is 0 Å². The van der Waals surface area contributed by atoms with Crippen molar-refractivity contribution in [1.82, 2.24) is 4.90 Å². The largest absolute Gasteiger partial charge is 1.00 e. The maximum atomic E-state index is 6.18. The third-order valence-electron chi connectivity index (χ3n) is 4.41. The van der Waals surface area contributed by atoms with Crippen LogP contribution < -0.4 is 12.4 Å². The molecule has 2 nitrogen and oxygen atoms in total. The Balaban J connectivity index is 0.00000120. The number of halogens is 2. The number of hydrogen-bond acceptors (Lipinski definition) is 1. The lowest BCUT2D eigenvalue weighted by Gasteiger charge is -2.53. The van der Waals surface area contributed by atoms with Gasteiger partial charge < -0.3 is 16.9 Å². The SMILES string of the molecule is ClC[N+]12CCN(CC1)[C@@H](Cc1ccccc1)C2.[Cl-]. The van der Waals surface area contributed by atoms with E-state index >= 15 is 0 Å². The van der Waals surface area contributed by atoms with Crippen molar-refractivity contribution in [1.29, 1.82) is 0 Å². The van der Waals surface area contributed by atoms with Crippen LogP contribution in [0.5, 0.6) is 0 Å². The smallest absolute Gasteiger partial charge is 0.155 e. The predicted octanol–water partition coefficient (Wildman–Crippen LogP) is -1.06. The molecule has 4 heteroatoms. The molecule has 2 bridgehead atoms. The Morgan fingerprint density at radius 3 is 2.44 bits per heavy atom. The van der Waals surface area contributed by atoms with Gasteiger partial charge in [-0.15, -0.1) is 0 Å². The molecule has 1 aromatic rings. The molecule has 0 radical (unpaired) electrons. The van der Waals surface area contributed by atoms with Gasteiger partial charge in [0.1, 0.15) is 0 Å². The van der Waals surface area contributed by atoms with E-state index in [1.54, 1.807) is 0 Å². The first-order chi connectivity index (χ1) is 8.31. The number of benzene rings is 1. The first kappa shape index (κ1) is 14.1. The summed E-state index contributed by atoms with van der Waals surface area (Å²) in [6.07, 6.45) is 1.18. The monoisotopic (exact) mass is 286 g/mol. The summed E-state index contributed by atoms with van der Waals surface area (Å²) >= 11 is 6.18. The third-order valence-corrected chi connectivity index (χ3v) is 4.91. The van der Waals surface area contributed by atoms with E-state index in [-0.39, 0.29) is 12.4 Å². The van der Waals surface area contributed by atoms with Gasteiger partial charge in [0.15, 0.2) is 6.00 Å². The Morgan fingerprint density at radius 1 is 1.17 bits per heavy atom. The summed E-state index contributed by atoms with van der Waals surface area (Å²) in [6, 6.07) is 12.3. The molecule has 0 aromatic heterocycles. The molecule has 3 aliphatic heterocycles. The Labute approximate surface area is 121 Å². The molecule has 0 amide bonds. The van der Waals surface area contributed by atoms with Crippen LogP contribution in [0.3, 0.4) is 0 Å². The number of rotatable bonds is 3. The minimum absolute atomic E-state index is 0. The number of quaternary nitrogens is 1. The van der Waals surface area contributed by atoms with Gasteiger partial charge in [0.05, 0.1) is 25.7 Å². The zero-order chi connectivity index (χ0) is 11.7. The zero-order valence-corrected chi connectivity index (χ0v) is 12.1.